The van der Waals surface area contributed by atoms with Crippen molar-refractivity contribution < 1.29 is 17.9 Å². The monoisotopic (exact) mass is 288 g/mol. The van der Waals surface area contributed by atoms with E-state index in [-0.39, 0.29) is 35.2 Å². The average molecular weight is 288 g/mol. The van der Waals surface area contributed by atoms with Crippen LogP contribution in [0.2, 0.25) is 0 Å². The van der Waals surface area contributed by atoms with E-state index >= 15 is 0 Å². The number of nitrogens with two attached hydrogens (primary N) is 1. The molecule has 0 spiro atoms. The molecule has 3 N–H and O–H groups in total. The van der Waals surface area contributed by atoms with E-state index in [9.17, 15) is 12.8 Å². The maximum atomic E-state index is 14.0. The number of nitrogen functional groups attached to an aromatic ring is 1. The Labute approximate surface area is 111 Å². The molecule has 1 saturated heterocycles. The molecule has 2 rings (SSSR count). The van der Waals surface area contributed by atoms with E-state index in [1.54, 1.807) is 0 Å². The first-order valence-electron chi connectivity index (χ1n) is 6.03. The number of aryl methyl sites for hydroxylation is 1. The lowest BCUT2D eigenvalue weighted by Gasteiger charge is -2.17. The summed E-state index contributed by atoms with van der Waals surface area (Å²) in [5.74, 6) is -0.846. The summed E-state index contributed by atoms with van der Waals surface area (Å²) < 4.78 is 39.9. The van der Waals surface area contributed by atoms with Gasteiger partial charge in [0.25, 0.3) is 0 Å². The second-order valence-corrected chi connectivity index (χ2v) is 6.76. The Morgan fingerprint density at radius 3 is 2.79 bits per heavy atom. The molecule has 19 heavy (non-hydrogen) atoms. The molecule has 0 bridgehead atoms. The summed E-state index contributed by atoms with van der Waals surface area (Å²) in [6.45, 7) is 1.92. The Hall–Kier alpha value is -1.18. The number of benzene rings is 1. The fraction of sp³-hybridized carbons (Fsp3) is 0.500. The van der Waals surface area contributed by atoms with Gasteiger partial charge in [0.1, 0.15) is 10.7 Å². The predicted molar refractivity (Wildman–Crippen MR) is 69.5 cm³/mol. The van der Waals surface area contributed by atoms with Crippen molar-refractivity contribution in [3.8, 4) is 0 Å². The summed E-state index contributed by atoms with van der Waals surface area (Å²) in [4.78, 5) is -0.386. The molecule has 0 saturated carbocycles. The largest absolute Gasteiger partial charge is 0.399 e. The molecule has 0 aromatic heterocycles. The zero-order valence-corrected chi connectivity index (χ0v) is 11.5. The van der Waals surface area contributed by atoms with E-state index in [4.69, 9.17) is 10.8 Å². The Kier molecular flexibility index (Phi) is 3.80. The maximum absolute atomic E-state index is 14.0. The Morgan fingerprint density at radius 1 is 1.53 bits per heavy atom. The van der Waals surface area contributed by atoms with Crippen LogP contribution in [-0.2, 0) is 10.0 Å². The number of rotatable bonds is 3. The van der Waals surface area contributed by atoms with Crippen molar-refractivity contribution in [2.45, 2.75) is 18.2 Å². The zero-order valence-electron chi connectivity index (χ0n) is 10.6. The summed E-state index contributed by atoms with van der Waals surface area (Å²) in [5, 5.41) is 9.05. The van der Waals surface area contributed by atoms with Crippen LogP contribution in [0.25, 0.3) is 0 Å². The van der Waals surface area contributed by atoms with Crippen LogP contribution in [0.15, 0.2) is 17.0 Å². The lowest BCUT2D eigenvalue weighted by Crippen LogP contribution is -2.30. The van der Waals surface area contributed by atoms with Crippen molar-refractivity contribution >= 4 is 15.7 Å². The minimum atomic E-state index is -3.89. The van der Waals surface area contributed by atoms with Gasteiger partial charge < -0.3 is 10.8 Å². The molecule has 7 heteroatoms. The third kappa shape index (κ3) is 2.58. The van der Waals surface area contributed by atoms with E-state index in [0.29, 0.717) is 13.0 Å². The highest BCUT2D eigenvalue weighted by molar-refractivity contribution is 7.89. The van der Waals surface area contributed by atoms with E-state index in [1.807, 2.05) is 0 Å². The van der Waals surface area contributed by atoms with E-state index < -0.39 is 15.8 Å². The van der Waals surface area contributed by atoms with Gasteiger partial charge in [-0.15, -0.1) is 0 Å². The van der Waals surface area contributed by atoms with Crippen LogP contribution in [0.1, 0.15) is 12.0 Å². The normalized spacial score (nSPS) is 20.9. The lowest BCUT2D eigenvalue weighted by atomic mass is 10.1. The van der Waals surface area contributed by atoms with Crippen LogP contribution in [0, 0.1) is 18.7 Å². The summed E-state index contributed by atoms with van der Waals surface area (Å²) in [6, 6.07) is 2.54. The minimum Gasteiger partial charge on any atom is -0.399 e. The molecular weight excluding hydrogens is 271 g/mol. The van der Waals surface area contributed by atoms with Gasteiger partial charge in [0.05, 0.1) is 0 Å². The van der Waals surface area contributed by atoms with Crippen molar-refractivity contribution in [3.05, 3.63) is 23.5 Å². The van der Waals surface area contributed by atoms with E-state index in [0.717, 1.165) is 6.07 Å². The molecule has 1 aromatic rings. The second-order valence-electron chi connectivity index (χ2n) is 4.85. The van der Waals surface area contributed by atoms with Crippen LogP contribution in [-0.4, -0.2) is 37.5 Å². The van der Waals surface area contributed by atoms with Crippen LogP contribution < -0.4 is 5.73 Å². The molecule has 1 atom stereocenters. The highest BCUT2D eigenvalue weighted by atomic mass is 32.2. The quantitative estimate of drug-likeness (QED) is 0.803. The van der Waals surface area contributed by atoms with Crippen molar-refractivity contribution in [1.82, 2.24) is 4.31 Å². The number of hydrogen-bond donors (Lipinski definition) is 2. The molecule has 0 radical (unpaired) electrons. The van der Waals surface area contributed by atoms with Gasteiger partial charge in [-0.3, -0.25) is 0 Å². The highest BCUT2D eigenvalue weighted by Crippen LogP contribution is 2.28. The summed E-state index contributed by atoms with van der Waals surface area (Å²) in [7, 11) is -3.89. The van der Waals surface area contributed by atoms with Crippen molar-refractivity contribution in [3.63, 3.8) is 0 Å². The molecule has 106 valence electrons. The summed E-state index contributed by atoms with van der Waals surface area (Å²) in [5.41, 5.74) is 6.01. The predicted octanol–water partition coefficient (Wildman–Crippen LogP) is 0.719. The molecule has 5 nitrogen and oxygen atoms in total. The average Bonchev–Trinajstić information content (AvgIpc) is 2.83. The summed E-state index contributed by atoms with van der Waals surface area (Å²) in [6.07, 6.45) is 0.582. The Bertz CT molecular complexity index is 589. The molecule has 0 amide bonds. The minimum absolute atomic E-state index is 0.0650. The molecule has 1 fully saturated rings. The van der Waals surface area contributed by atoms with Gasteiger partial charge >= 0.3 is 0 Å². The standard InChI is InChI=1S/C12H17FN2O3S/c1-8-4-10(14)5-11(12(8)13)19(17,18)15-3-2-9(6-15)7-16/h4-5,9,16H,2-3,6-7,14H2,1H3. The van der Waals surface area contributed by atoms with Crippen LogP contribution in [0.4, 0.5) is 10.1 Å². The van der Waals surface area contributed by atoms with Gasteiger partial charge in [0.15, 0.2) is 0 Å². The fourth-order valence-corrected chi connectivity index (χ4v) is 3.96. The van der Waals surface area contributed by atoms with Crippen LogP contribution in [0.3, 0.4) is 0 Å². The van der Waals surface area contributed by atoms with Gasteiger partial charge in [0, 0.05) is 25.4 Å². The number of hydrogen-bond acceptors (Lipinski definition) is 4. The molecule has 0 aliphatic carbocycles. The van der Waals surface area contributed by atoms with Gasteiger partial charge in [-0.25, -0.2) is 12.8 Å². The van der Waals surface area contributed by atoms with E-state index in [2.05, 4.69) is 0 Å². The number of halogens is 1. The third-order valence-electron chi connectivity index (χ3n) is 3.37. The van der Waals surface area contributed by atoms with E-state index in [1.165, 1.54) is 17.3 Å². The van der Waals surface area contributed by atoms with Gasteiger partial charge in [-0.1, -0.05) is 0 Å². The lowest BCUT2D eigenvalue weighted by molar-refractivity contribution is 0.233. The molecule has 1 unspecified atom stereocenters. The first kappa shape index (κ1) is 14.2. The molecule has 1 aliphatic rings. The fourth-order valence-electron chi connectivity index (χ4n) is 2.26. The maximum Gasteiger partial charge on any atom is 0.246 e. The number of aliphatic hydroxyl groups excluding tert-OH is 1. The number of aliphatic hydroxyl groups is 1. The van der Waals surface area contributed by atoms with Gasteiger partial charge in [0.2, 0.25) is 10.0 Å². The molecule has 1 heterocycles. The van der Waals surface area contributed by atoms with Crippen molar-refractivity contribution in [2.75, 3.05) is 25.4 Å². The molecule has 1 aliphatic heterocycles. The van der Waals surface area contributed by atoms with Gasteiger partial charge in [-0.2, -0.15) is 4.31 Å². The van der Waals surface area contributed by atoms with Crippen LogP contribution in [0.5, 0.6) is 0 Å². The third-order valence-corrected chi connectivity index (χ3v) is 5.23. The zero-order chi connectivity index (χ0) is 14.2. The Morgan fingerprint density at radius 2 is 2.21 bits per heavy atom. The Balaban J connectivity index is 2.41. The molecular formula is C12H17FN2O3S. The van der Waals surface area contributed by atoms with Gasteiger partial charge in [-0.05, 0) is 37.0 Å². The van der Waals surface area contributed by atoms with Crippen LogP contribution >= 0.6 is 0 Å². The smallest absolute Gasteiger partial charge is 0.246 e. The second kappa shape index (κ2) is 5.07. The topological polar surface area (TPSA) is 83.6 Å². The number of sulfonamides is 1. The highest BCUT2D eigenvalue weighted by Gasteiger charge is 2.34. The van der Waals surface area contributed by atoms with Crippen molar-refractivity contribution in [1.29, 1.82) is 0 Å². The SMILES string of the molecule is Cc1cc(N)cc(S(=O)(=O)N2CCC(CO)C2)c1F. The first-order valence-corrected chi connectivity index (χ1v) is 7.47. The number of nitrogens with zero attached hydrogens (tertiary/aromatic N) is 1. The number of anilines is 1. The molecule has 1 aromatic carbocycles. The first-order chi connectivity index (χ1) is 8.86. The van der Waals surface area contributed by atoms with Crippen molar-refractivity contribution in [2.24, 2.45) is 5.92 Å². The summed E-state index contributed by atoms with van der Waals surface area (Å²) >= 11 is 0.